The summed E-state index contributed by atoms with van der Waals surface area (Å²) in [5.74, 6) is 4.79. The molecule has 4 heteroatoms. The Morgan fingerprint density at radius 1 is 1.67 bits per heavy atom. The average Bonchev–Trinajstić information content (AvgIpc) is 2.32. The van der Waals surface area contributed by atoms with Gasteiger partial charge in [-0.15, -0.1) is 0 Å². The molecule has 0 spiro atoms. The Morgan fingerprint density at radius 2 is 2.33 bits per heavy atom. The van der Waals surface area contributed by atoms with Gasteiger partial charge in [-0.1, -0.05) is 0 Å². The molecule has 1 aromatic rings. The number of carbonyl (C=O) groups is 1. The van der Waals surface area contributed by atoms with E-state index in [1.807, 2.05) is 0 Å². The Hall–Kier alpha value is -0.0505. The summed E-state index contributed by atoms with van der Waals surface area (Å²) in [5.41, 5.74) is 0. The van der Waals surface area contributed by atoms with Gasteiger partial charge in [-0.3, -0.25) is 0 Å². The van der Waals surface area contributed by atoms with Crippen LogP contribution in [-0.2, 0) is 0 Å². The molecule has 0 aliphatic rings. The number of hydrogen-bond donors (Lipinski definition) is 0. The molecule has 0 atom stereocenters. The molecule has 0 aromatic carbocycles. The predicted octanol–water partition coefficient (Wildman–Crippen LogP) is 3.06. The first kappa shape index (κ1) is 10.0. The number of halogens is 1. The van der Waals surface area contributed by atoms with Gasteiger partial charge in [0, 0.05) is 0 Å². The fraction of sp³-hybridized carbons (Fsp3) is 0.375. The molecule has 0 fully saturated rings. The maximum atomic E-state index is 11.4. The normalized spacial score (nSPS) is 12.9. The molecule has 2 nitrogen and oxygen atoms in total. The third-order valence-corrected chi connectivity index (χ3v) is 4.45. The van der Waals surface area contributed by atoms with Crippen molar-refractivity contribution in [1.29, 1.82) is 0 Å². The van der Waals surface area contributed by atoms with Gasteiger partial charge in [-0.2, -0.15) is 0 Å². The fourth-order valence-corrected chi connectivity index (χ4v) is 3.51. The number of carbonyl (C=O) groups excluding carboxylic acids is 1. The van der Waals surface area contributed by atoms with Crippen molar-refractivity contribution in [2.45, 2.75) is 17.0 Å². The van der Waals surface area contributed by atoms with Gasteiger partial charge < -0.3 is 0 Å². The second-order valence-corrected chi connectivity index (χ2v) is 18.6. The number of Topliss-reactive ketones (excluding diaryl/α,β-unsaturated/α-hetero) is 1. The number of ketones is 1. The summed E-state index contributed by atoms with van der Waals surface area (Å²) in [6.07, 6.45) is 1.53. The van der Waals surface area contributed by atoms with Crippen LogP contribution >= 0.6 is 14.1 Å². The Kier molecular flexibility index (Phi) is 3.15. The molecule has 68 valence electrons. The van der Waals surface area contributed by atoms with Crippen molar-refractivity contribution in [3.8, 4) is 0 Å². The zero-order valence-corrected chi connectivity index (χ0v) is 10.3. The van der Waals surface area contributed by atoms with Crippen LogP contribution in [0, 0.1) is 0 Å². The van der Waals surface area contributed by atoms with Gasteiger partial charge in [0.05, 0.1) is 0 Å². The SMILES string of the molecule is C[Se](C)(Br)CC(=O)c1ccco1. The van der Waals surface area contributed by atoms with E-state index in [-0.39, 0.29) is 5.78 Å². The van der Waals surface area contributed by atoms with E-state index in [1.165, 1.54) is 6.26 Å². The van der Waals surface area contributed by atoms with Gasteiger partial charge in [0.1, 0.15) is 0 Å². The van der Waals surface area contributed by atoms with Gasteiger partial charge in [0.25, 0.3) is 0 Å². The minimum absolute atomic E-state index is 0.0990. The van der Waals surface area contributed by atoms with Crippen molar-refractivity contribution in [2.24, 2.45) is 0 Å². The van der Waals surface area contributed by atoms with Crippen molar-refractivity contribution in [1.82, 2.24) is 0 Å². The number of rotatable bonds is 3. The van der Waals surface area contributed by atoms with Gasteiger partial charge in [0.2, 0.25) is 0 Å². The summed E-state index contributed by atoms with van der Waals surface area (Å²) in [6, 6.07) is 3.44. The summed E-state index contributed by atoms with van der Waals surface area (Å²) in [4.78, 5) is 11.4. The Morgan fingerprint density at radius 3 is 2.75 bits per heavy atom. The quantitative estimate of drug-likeness (QED) is 0.634. The van der Waals surface area contributed by atoms with Gasteiger partial charge >= 0.3 is 81.3 Å². The molecular formula is C8H11BrO2Se. The molecule has 0 bridgehead atoms. The summed E-state index contributed by atoms with van der Waals surface area (Å²) >= 11 is 1.92. The minimum atomic E-state index is -1.64. The third-order valence-electron chi connectivity index (χ3n) is 1.27. The molecule has 0 unspecified atom stereocenters. The molecule has 0 aliphatic carbocycles. The molecular weight excluding hydrogens is 287 g/mol. The molecule has 0 amide bonds. The zero-order chi connectivity index (χ0) is 9.19. The maximum absolute atomic E-state index is 11.4. The molecule has 12 heavy (non-hydrogen) atoms. The van der Waals surface area contributed by atoms with Crippen LogP contribution in [0.5, 0.6) is 0 Å². The Labute approximate surface area is 81.3 Å². The van der Waals surface area contributed by atoms with Crippen LogP contribution < -0.4 is 0 Å². The van der Waals surface area contributed by atoms with Gasteiger partial charge in [0.15, 0.2) is 0 Å². The molecule has 0 aliphatic heterocycles. The molecule has 1 rings (SSSR count). The van der Waals surface area contributed by atoms with Crippen LogP contribution in [0.4, 0.5) is 0 Å². The predicted molar refractivity (Wildman–Crippen MR) is 54.3 cm³/mol. The second kappa shape index (κ2) is 3.77. The molecule has 1 aromatic heterocycles. The van der Waals surface area contributed by atoms with E-state index in [1.54, 1.807) is 12.1 Å². The topological polar surface area (TPSA) is 30.2 Å². The summed E-state index contributed by atoms with van der Waals surface area (Å²) in [7, 11) is 0. The van der Waals surface area contributed by atoms with E-state index >= 15 is 0 Å². The molecule has 1 heterocycles. The third kappa shape index (κ3) is 3.13. The van der Waals surface area contributed by atoms with E-state index in [0.29, 0.717) is 11.1 Å². The number of furan rings is 1. The standard InChI is InChI=1S/C8H11BrO2Se/c1-12(2,9)6-7(10)8-4-3-5-11-8/h3-5H,6H2,1-2H3. The summed E-state index contributed by atoms with van der Waals surface area (Å²) in [6.45, 7) is 0. The van der Waals surface area contributed by atoms with E-state index in [9.17, 15) is 4.79 Å². The summed E-state index contributed by atoms with van der Waals surface area (Å²) in [5, 5.41) is 0.601. The van der Waals surface area contributed by atoms with Crippen LogP contribution in [0.25, 0.3) is 0 Å². The van der Waals surface area contributed by atoms with E-state index in [2.05, 4.69) is 25.8 Å². The van der Waals surface area contributed by atoms with Crippen molar-refractivity contribution < 1.29 is 9.21 Å². The molecule has 0 radical (unpaired) electrons. The molecule has 0 saturated heterocycles. The fourth-order valence-electron chi connectivity index (χ4n) is 0.820. The Balaban J connectivity index is 2.63. The zero-order valence-electron chi connectivity index (χ0n) is 7.04. The van der Waals surface area contributed by atoms with Crippen LogP contribution in [0.1, 0.15) is 10.6 Å². The second-order valence-electron chi connectivity index (χ2n) is 2.95. The van der Waals surface area contributed by atoms with E-state index in [4.69, 9.17) is 4.42 Å². The van der Waals surface area contributed by atoms with Crippen molar-refractivity contribution >= 4 is 30.9 Å². The summed E-state index contributed by atoms with van der Waals surface area (Å²) < 4.78 is 5.00. The van der Waals surface area contributed by atoms with E-state index < -0.39 is 11.0 Å². The van der Waals surface area contributed by atoms with Crippen LogP contribution in [0.2, 0.25) is 17.0 Å². The van der Waals surface area contributed by atoms with Gasteiger partial charge in [-0.05, 0) is 0 Å². The molecule has 0 N–H and O–H groups in total. The van der Waals surface area contributed by atoms with Crippen molar-refractivity contribution in [3.05, 3.63) is 24.2 Å². The first-order valence-corrected chi connectivity index (χ1v) is 12.1. The van der Waals surface area contributed by atoms with Crippen LogP contribution in [-0.4, -0.2) is 16.8 Å². The molecule has 0 saturated carbocycles. The van der Waals surface area contributed by atoms with E-state index in [0.717, 1.165) is 0 Å². The monoisotopic (exact) mass is 298 g/mol. The first-order valence-electron chi connectivity index (χ1n) is 3.46. The number of hydrogen-bond acceptors (Lipinski definition) is 2. The Bertz CT molecular complexity index is 261. The van der Waals surface area contributed by atoms with Crippen LogP contribution in [0.15, 0.2) is 22.8 Å². The van der Waals surface area contributed by atoms with Crippen molar-refractivity contribution in [2.75, 3.05) is 0 Å². The van der Waals surface area contributed by atoms with Crippen LogP contribution in [0.3, 0.4) is 0 Å². The first-order chi connectivity index (χ1) is 5.49. The van der Waals surface area contributed by atoms with Crippen molar-refractivity contribution in [3.63, 3.8) is 0 Å². The van der Waals surface area contributed by atoms with Gasteiger partial charge in [-0.25, -0.2) is 0 Å². The average molecular weight is 298 g/mol.